The van der Waals surface area contributed by atoms with Gasteiger partial charge < -0.3 is 14.7 Å². The summed E-state index contributed by atoms with van der Waals surface area (Å²) in [7, 11) is 0. The number of aryl methyl sites for hydroxylation is 1. The van der Waals surface area contributed by atoms with Gasteiger partial charge in [-0.1, -0.05) is 11.8 Å². The van der Waals surface area contributed by atoms with Crippen LogP contribution in [0.4, 0.5) is 0 Å². The van der Waals surface area contributed by atoms with E-state index in [1.165, 1.54) is 11.9 Å². The van der Waals surface area contributed by atoms with Crippen molar-refractivity contribution in [2.45, 2.75) is 37.4 Å². The van der Waals surface area contributed by atoms with Gasteiger partial charge in [-0.25, -0.2) is 5.01 Å². The van der Waals surface area contributed by atoms with E-state index in [0.717, 1.165) is 52.7 Å². The van der Waals surface area contributed by atoms with Crippen LogP contribution in [0.25, 0.3) is 6.08 Å². The number of amides is 1. The molecule has 33 heavy (non-hydrogen) atoms. The van der Waals surface area contributed by atoms with Crippen molar-refractivity contribution in [3.05, 3.63) is 69.9 Å². The second kappa shape index (κ2) is 8.74. The molecule has 4 heterocycles. The fourth-order valence-corrected chi connectivity index (χ4v) is 4.96. The van der Waals surface area contributed by atoms with Gasteiger partial charge in [0.25, 0.3) is 11.5 Å². The smallest absolute Gasteiger partial charge is 0.294 e. The Balaban J connectivity index is 1.44. The summed E-state index contributed by atoms with van der Waals surface area (Å²) in [6, 6.07) is 7.07. The van der Waals surface area contributed by atoms with Crippen LogP contribution >= 0.6 is 11.8 Å². The van der Waals surface area contributed by atoms with Crippen LogP contribution in [0.3, 0.4) is 0 Å². The van der Waals surface area contributed by atoms with E-state index in [-0.39, 0.29) is 34.5 Å². The molecule has 170 valence electrons. The second-order valence-electron chi connectivity index (χ2n) is 7.90. The summed E-state index contributed by atoms with van der Waals surface area (Å²) in [6.07, 6.45) is 7.94. The van der Waals surface area contributed by atoms with Gasteiger partial charge in [0, 0.05) is 5.92 Å². The lowest BCUT2D eigenvalue weighted by atomic mass is 9.79. The van der Waals surface area contributed by atoms with Crippen molar-refractivity contribution in [1.82, 2.24) is 19.9 Å². The zero-order valence-electron chi connectivity index (χ0n) is 17.9. The highest BCUT2D eigenvalue weighted by Gasteiger charge is 2.45. The second-order valence-corrected chi connectivity index (χ2v) is 8.84. The first-order valence-electron chi connectivity index (χ1n) is 10.6. The Bertz CT molecular complexity index is 1280. The van der Waals surface area contributed by atoms with Crippen molar-refractivity contribution in [1.29, 1.82) is 0 Å². The number of aromatic nitrogens is 3. The maximum absolute atomic E-state index is 13.3. The number of carbonyl (C=O) groups excluding carboxylic acids is 1. The molecule has 2 aliphatic rings. The van der Waals surface area contributed by atoms with Crippen molar-refractivity contribution in [3.63, 3.8) is 0 Å². The van der Waals surface area contributed by atoms with Gasteiger partial charge in [0.05, 0.1) is 24.0 Å². The predicted octanol–water partition coefficient (Wildman–Crippen LogP) is 2.76. The molecular formula is C22H22N6O4S. The van der Waals surface area contributed by atoms with Gasteiger partial charge in [0.1, 0.15) is 23.3 Å². The number of hydrogen-bond acceptors (Lipinski definition) is 9. The van der Waals surface area contributed by atoms with Crippen LogP contribution in [0, 0.1) is 12.8 Å². The third kappa shape index (κ3) is 3.99. The number of rotatable bonds is 5. The lowest BCUT2D eigenvalue weighted by Crippen LogP contribution is -2.34. The van der Waals surface area contributed by atoms with Gasteiger partial charge in [-0.2, -0.15) is 9.78 Å². The van der Waals surface area contributed by atoms with Crippen molar-refractivity contribution in [3.8, 4) is 0 Å². The van der Waals surface area contributed by atoms with Crippen LogP contribution in [-0.4, -0.2) is 37.3 Å². The fourth-order valence-electron chi connectivity index (χ4n) is 4.25. The molecule has 2 N–H and O–H groups in total. The molecule has 1 aliphatic heterocycles. The summed E-state index contributed by atoms with van der Waals surface area (Å²) >= 11 is 1.05. The third-order valence-electron chi connectivity index (χ3n) is 5.80. The van der Waals surface area contributed by atoms with E-state index in [4.69, 9.17) is 19.8 Å². The summed E-state index contributed by atoms with van der Waals surface area (Å²) in [6.45, 7) is 1.53. The molecule has 3 aromatic heterocycles. The lowest BCUT2D eigenvalue weighted by molar-refractivity contribution is -0.131. The van der Waals surface area contributed by atoms with Gasteiger partial charge in [-0.15, -0.1) is 10.2 Å². The van der Waals surface area contributed by atoms with E-state index < -0.39 is 5.56 Å². The van der Waals surface area contributed by atoms with E-state index >= 15 is 0 Å². The van der Waals surface area contributed by atoms with E-state index in [1.807, 2.05) is 30.3 Å². The number of nitrogens with zero attached hydrogens (tertiary/aromatic N) is 5. The predicted molar refractivity (Wildman–Crippen MR) is 122 cm³/mol. The van der Waals surface area contributed by atoms with Gasteiger partial charge in [-0.3, -0.25) is 9.59 Å². The summed E-state index contributed by atoms with van der Waals surface area (Å²) in [4.78, 5) is 25.3. The minimum atomic E-state index is -0.450. The van der Waals surface area contributed by atoms with Gasteiger partial charge in [-0.05, 0) is 62.1 Å². The van der Waals surface area contributed by atoms with Crippen LogP contribution in [0.2, 0.25) is 0 Å². The molecule has 0 spiro atoms. The number of fused-ring (bicyclic) bond motifs is 1. The average molecular weight is 467 g/mol. The molecular weight excluding hydrogens is 444 g/mol. The fraction of sp³-hybridized carbons (Fsp3) is 0.318. The Morgan fingerprint density at radius 2 is 2.09 bits per heavy atom. The van der Waals surface area contributed by atoms with Crippen LogP contribution < -0.4 is 11.4 Å². The molecule has 2 atom stereocenters. The Kier molecular flexibility index (Phi) is 5.63. The highest BCUT2D eigenvalue weighted by atomic mass is 32.2. The summed E-state index contributed by atoms with van der Waals surface area (Å²) in [5, 5.41) is 14.2. The van der Waals surface area contributed by atoms with E-state index in [0.29, 0.717) is 5.76 Å². The molecule has 0 saturated heterocycles. The number of allylic oxidation sites excluding steroid dienone is 1. The van der Waals surface area contributed by atoms with Gasteiger partial charge >= 0.3 is 0 Å². The zero-order valence-corrected chi connectivity index (χ0v) is 18.7. The van der Waals surface area contributed by atoms with Crippen molar-refractivity contribution >= 4 is 29.5 Å². The molecule has 11 heteroatoms. The number of furan rings is 2. The first-order valence-corrected chi connectivity index (χ1v) is 11.5. The monoisotopic (exact) mass is 466 g/mol. The maximum Gasteiger partial charge on any atom is 0.294 e. The molecule has 10 nitrogen and oxygen atoms in total. The third-order valence-corrected chi connectivity index (χ3v) is 6.72. The minimum absolute atomic E-state index is 0.00762. The molecule has 5 rings (SSSR count). The molecule has 0 radical (unpaired) electrons. The number of nitrogens with two attached hydrogens (primary N) is 1. The summed E-state index contributed by atoms with van der Waals surface area (Å²) in [5.41, 5.74) is 1.68. The van der Waals surface area contributed by atoms with Crippen molar-refractivity contribution in [2.24, 2.45) is 11.0 Å². The highest BCUT2D eigenvalue weighted by molar-refractivity contribution is 7.99. The van der Waals surface area contributed by atoms with Crippen LogP contribution in [0.1, 0.15) is 42.5 Å². The normalized spacial score (nSPS) is 21.3. The van der Waals surface area contributed by atoms with Crippen LogP contribution in [-0.2, 0) is 4.79 Å². The Morgan fingerprint density at radius 3 is 2.85 bits per heavy atom. The number of hydrogen-bond donors (Lipinski definition) is 1. The molecule has 1 fully saturated rings. The maximum atomic E-state index is 13.3. The summed E-state index contributed by atoms with van der Waals surface area (Å²) < 4.78 is 12.1. The summed E-state index contributed by atoms with van der Waals surface area (Å²) in [5.74, 6) is 7.01. The Hall–Kier alpha value is -3.60. The van der Waals surface area contributed by atoms with Crippen molar-refractivity contribution < 1.29 is 13.6 Å². The Morgan fingerprint density at radius 1 is 1.27 bits per heavy atom. The van der Waals surface area contributed by atoms with Gasteiger partial charge in [0.15, 0.2) is 0 Å². The van der Waals surface area contributed by atoms with Gasteiger partial charge in [0.2, 0.25) is 5.16 Å². The standard InChI is InChI=1S/C22H22N6O4S/c1-13-21(30)27(23)22(25-24-13)33-12-18(29)28-20(17-8-4-10-32-17)16-7-2-5-14(19(16)26-28)11-15-6-3-9-31-15/h3-4,6,8-11,16,20H,2,5,7,12,23H2,1H3. The number of carbonyl (C=O) groups is 1. The average Bonchev–Trinajstić information content (AvgIpc) is 3.57. The molecule has 0 aromatic carbocycles. The number of thioether (sulfide) groups is 1. The number of hydrazone groups is 1. The molecule has 1 saturated carbocycles. The van der Waals surface area contributed by atoms with E-state index in [2.05, 4.69) is 10.2 Å². The zero-order chi connectivity index (χ0) is 22.9. The highest BCUT2D eigenvalue weighted by Crippen LogP contribution is 2.44. The first kappa shape index (κ1) is 21.3. The van der Waals surface area contributed by atoms with Crippen LogP contribution in [0.15, 0.2) is 66.3 Å². The van der Waals surface area contributed by atoms with E-state index in [9.17, 15) is 9.59 Å². The molecule has 1 amide bonds. The minimum Gasteiger partial charge on any atom is -0.467 e. The molecule has 3 aromatic rings. The molecule has 2 unspecified atom stereocenters. The van der Waals surface area contributed by atoms with Crippen LogP contribution in [0.5, 0.6) is 0 Å². The van der Waals surface area contributed by atoms with Crippen molar-refractivity contribution in [2.75, 3.05) is 11.6 Å². The Labute approximate surface area is 193 Å². The largest absolute Gasteiger partial charge is 0.467 e. The van der Waals surface area contributed by atoms with E-state index in [1.54, 1.807) is 12.5 Å². The topological polar surface area (TPSA) is 133 Å². The lowest BCUT2D eigenvalue weighted by Gasteiger charge is -2.27. The SMILES string of the molecule is Cc1nnc(SCC(=O)N2N=C3C(=Cc4ccco4)CCCC3C2c2ccco2)n(N)c1=O. The number of nitrogen functional groups attached to an aromatic ring is 1. The quantitative estimate of drug-likeness (QED) is 0.448. The first-order chi connectivity index (χ1) is 16.0. The molecule has 1 aliphatic carbocycles. The molecule has 0 bridgehead atoms.